The summed E-state index contributed by atoms with van der Waals surface area (Å²) in [7, 11) is 0. The Hall–Kier alpha value is -3.78. The second kappa shape index (κ2) is 9.15. The zero-order valence-electron chi connectivity index (χ0n) is 16.9. The maximum absolute atomic E-state index is 12.3. The van der Waals surface area contributed by atoms with Crippen molar-refractivity contribution in [3.63, 3.8) is 0 Å². The summed E-state index contributed by atoms with van der Waals surface area (Å²) in [6.45, 7) is 2.03. The molecule has 3 aromatic rings. The van der Waals surface area contributed by atoms with Gasteiger partial charge in [0.25, 0.3) is 5.69 Å². The average molecular weight is 493 g/mol. The van der Waals surface area contributed by atoms with Gasteiger partial charge in [0.1, 0.15) is 12.4 Å². The summed E-state index contributed by atoms with van der Waals surface area (Å²) >= 11 is 3.44. The van der Waals surface area contributed by atoms with Gasteiger partial charge in [-0.15, -0.1) is 0 Å². The highest BCUT2D eigenvalue weighted by atomic mass is 79.9. The number of rotatable bonds is 6. The highest BCUT2D eigenvalue weighted by Crippen LogP contribution is 2.25. The molecule has 0 bridgehead atoms. The molecular formula is C24H17BrN2O5. The van der Waals surface area contributed by atoms with Gasteiger partial charge in [0.15, 0.2) is 5.70 Å². The third-order valence-corrected chi connectivity index (χ3v) is 5.21. The van der Waals surface area contributed by atoms with Crippen molar-refractivity contribution >= 4 is 39.6 Å². The Morgan fingerprint density at radius 2 is 1.94 bits per heavy atom. The summed E-state index contributed by atoms with van der Waals surface area (Å²) in [5.41, 5.74) is 2.84. The predicted octanol–water partition coefficient (Wildman–Crippen LogP) is 5.59. The molecule has 0 unspecified atom stereocenters. The van der Waals surface area contributed by atoms with Crippen LogP contribution >= 0.6 is 15.9 Å². The van der Waals surface area contributed by atoms with Crippen LogP contribution in [0.1, 0.15) is 22.3 Å². The van der Waals surface area contributed by atoms with Crippen LogP contribution in [0.5, 0.6) is 5.75 Å². The maximum atomic E-state index is 12.3. The van der Waals surface area contributed by atoms with Gasteiger partial charge in [-0.3, -0.25) is 10.1 Å². The van der Waals surface area contributed by atoms with E-state index >= 15 is 0 Å². The molecular weight excluding hydrogens is 476 g/mol. The number of esters is 1. The first kappa shape index (κ1) is 21.5. The van der Waals surface area contributed by atoms with E-state index in [2.05, 4.69) is 20.9 Å². The molecule has 32 heavy (non-hydrogen) atoms. The fourth-order valence-corrected chi connectivity index (χ4v) is 3.62. The Morgan fingerprint density at radius 3 is 2.69 bits per heavy atom. The van der Waals surface area contributed by atoms with Gasteiger partial charge in [-0.05, 0) is 60.5 Å². The summed E-state index contributed by atoms with van der Waals surface area (Å²) in [6, 6.07) is 19.6. The van der Waals surface area contributed by atoms with Gasteiger partial charge in [0.2, 0.25) is 5.90 Å². The summed E-state index contributed by atoms with van der Waals surface area (Å²) in [5, 5.41) is 11.0. The van der Waals surface area contributed by atoms with E-state index < -0.39 is 10.9 Å². The van der Waals surface area contributed by atoms with E-state index in [1.807, 2.05) is 48.5 Å². The Bertz CT molecular complexity index is 1280. The lowest BCUT2D eigenvalue weighted by molar-refractivity contribution is -0.385. The quantitative estimate of drug-likeness (QED) is 0.193. The van der Waals surface area contributed by atoms with Gasteiger partial charge in [0, 0.05) is 21.7 Å². The average Bonchev–Trinajstić information content (AvgIpc) is 3.12. The minimum atomic E-state index is -0.587. The van der Waals surface area contributed by atoms with E-state index in [0.29, 0.717) is 23.5 Å². The molecule has 0 saturated carbocycles. The van der Waals surface area contributed by atoms with Gasteiger partial charge in [-0.25, -0.2) is 9.79 Å². The molecule has 0 fully saturated rings. The van der Waals surface area contributed by atoms with E-state index in [1.165, 1.54) is 12.1 Å². The van der Waals surface area contributed by atoms with Crippen molar-refractivity contribution in [3.05, 3.63) is 109 Å². The smallest absolute Gasteiger partial charge is 0.363 e. The number of nitro benzene ring substituents is 1. The molecule has 1 heterocycles. The van der Waals surface area contributed by atoms with Gasteiger partial charge in [-0.2, -0.15) is 0 Å². The minimum absolute atomic E-state index is 0.00545. The summed E-state index contributed by atoms with van der Waals surface area (Å²) in [4.78, 5) is 27.1. The lowest BCUT2D eigenvalue weighted by atomic mass is 10.1. The molecule has 3 aromatic carbocycles. The monoisotopic (exact) mass is 492 g/mol. The molecule has 0 spiro atoms. The molecule has 4 rings (SSSR count). The number of cyclic esters (lactones) is 1. The third kappa shape index (κ3) is 4.92. The topological polar surface area (TPSA) is 91.0 Å². The third-order valence-electron chi connectivity index (χ3n) is 4.72. The first-order valence-corrected chi connectivity index (χ1v) is 10.4. The van der Waals surface area contributed by atoms with E-state index in [1.54, 1.807) is 19.1 Å². The Kier molecular flexibility index (Phi) is 6.13. The highest BCUT2D eigenvalue weighted by molar-refractivity contribution is 9.10. The molecule has 0 saturated heterocycles. The molecule has 1 aliphatic heterocycles. The number of halogens is 1. The van der Waals surface area contributed by atoms with Crippen LogP contribution < -0.4 is 4.74 Å². The fourth-order valence-electron chi connectivity index (χ4n) is 3.17. The van der Waals surface area contributed by atoms with Gasteiger partial charge in [-0.1, -0.05) is 40.2 Å². The number of aliphatic imine (C=N–C) groups is 1. The lowest BCUT2D eigenvalue weighted by Gasteiger charge is -2.07. The molecule has 0 aromatic heterocycles. The Morgan fingerprint density at radius 1 is 1.12 bits per heavy atom. The lowest BCUT2D eigenvalue weighted by Crippen LogP contribution is -2.06. The number of hydrogen-bond donors (Lipinski definition) is 0. The number of ether oxygens (including phenoxy) is 2. The van der Waals surface area contributed by atoms with Gasteiger partial charge >= 0.3 is 5.97 Å². The molecule has 0 N–H and O–H groups in total. The first-order chi connectivity index (χ1) is 15.4. The van der Waals surface area contributed by atoms with Crippen molar-refractivity contribution in [1.82, 2.24) is 0 Å². The van der Waals surface area contributed by atoms with Crippen molar-refractivity contribution in [3.8, 4) is 5.75 Å². The zero-order valence-corrected chi connectivity index (χ0v) is 18.5. The summed E-state index contributed by atoms with van der Waals surface area (Å²) in [6.07, 6.45) is 1.61. The van der Waals surface area contributed by atoms with Crippen LogP contribution in [0.3, 0.4) is 0 Å². The van der Waals surface area contributed by atoms with Crippen LogP contribution in [0.2, 0.25) is 0 Å². The number of aryl methyl sites for hydroxylation is 1. The number of carbonyl (C=O) groups excluding carboxylic acids is 1. The number of nitro groups is 1. The minimum Gasteiger partial charge on any atom is -0.489 e. The Balaban J connectivity index is 1.52. The largest absolute Gasteiger partial charge is 0.489 e. The summed E-state index contributed by atoms with van der Waals surface area (Å²) < 4.78 is 12.1. The van der Waals surface area contributed by atoms with E-state index in [-0.39, 0.29) is 17.3 Å². The Labute approximate surface area is 192 Å². The molecule has 8 heteroatoms. The second-order valence-electron chi connectivity index (χ2n) is 7.09. The summed E-state index contributed by atoms with van der Waals surface area (Å²) in [5.74, 6) is 0.179. The molecule has 0 radical (unpaired) electrons. The molecule has 1 aliphatic rings. The fraction of sp³-hybridized carbons (Fsp3) is 0.0833. The number of nitrogens with zero attached hydrogens (tertiary/aromatic N) is 2. The standard InChI is InChI=1S/C24H17BrN2O5/c1-15-10-18(8-9-22(15)27(29)30)23-26-21(24(28)32-23)13-16-4-3-7-20(12-16)31-14-17-5-2-6-19(25)11-17/h2-13H,14H2,1H3/b21-13-. The first-order valence-electron chi connectivity index (χ1n) is 9.64. The number of carbonyl (C=O) groups is 1. The normalized spacial score (nSPS) is 14.2. The highest BCUT2D eigenvalue weighted by Gasteiger charge is 2.25. The van der Waals surface area contributed by atoms with E-state index in [0.717, 1.165) is 15.6 Å². The van der Waals surface area contributed by atoms with Crippen LogP contribution in [-0.2, 0) is 16.1 Å². The maximum Gasteiger partial charge on any atom is 0.363 e. The van der Waals surface area contributed by atoms with Crippen molar-refractivity contribution in [2.75, 3.05) is 0 Å². The SMILES string of the molecule is Cc1cc(C2=N/C(=C\c3cccc(OCc4cccc(Br)c4)c3)C(=O)O2)ccc1[N+](=O)[O-]. The molecule has 160 valence electrons. The van der Waals surface area contributed by atoms with Crippen molar-refractivity contribution in [1.29, 1.82) is 0 Å². The van der Waals surface area contributed by atoms with Crippen molar-refractivity contribution in [2.45, 2.75) is 13.5 Å². The number of hydrogen-bond acceptors (Lipinski definition) is 6. The molecule has 0 atom stereocenters. The van der Waals surface area contributed by atoms with Crippen LogP contribution in [0.15, 0.2) is 81.9 Å². The van der Waals surface area contributed by atoms with Crippen LogP contribution in [0.25, 0.3) is 6.08 Å². The van der Waals surface area contributed by atoms with E-state index in [9.17, 15) is 14.9 Å². The van der Waals surface area contributed by atoms with Crippen LogP contribution in [-0.4, -0.2) is 16.8 Å². The molecule has 7 nitrogen and oxygen atoms in total. The predicted molar refractivity (Wildman–Crippen MR) is 123 cm³/mol. The van der Waals surface area contributed by atoms with Gasteiger partial charge < -0.3 is 9.47 Å². The van der Waals surface area contributed by atoms with Crippen molar-refractivity contribution in [2.24, 2.45) is 4.99 Å². The van der Waals surface area contributed by atoms with Crippen LogP contribution in [0.4, 0.5) is 5.69 Å². The number of benzene rings is 3. The van der Waals surface area contributed by atoms with Crippen molar-refractivity contribution < 1.29 is 19.2 Å². The zero-order chi connectivity index (χ0) is 22.7. The van der Waals surface area contributed by atoms with E-state index in [4.69, 9.17) is 9.47 Å². The second-order valence-corrected chi connectivity index (χ2v) is 8.00. The molecule has 0 amide bonds. The molecule has 0 aliphatic carbocycles. The van der Waals surface area contributed by atoms with Crippen LogP contribution in [0, 0.1) is 17.0 Å². The van der Waals surface area contributed by atoms with Gasteiger partial charge in [0.05, 0.1) is 4.92 Å².